The van der Waals surface area contributed by atoms with E-state index in [9.17, 15) is 24.0 Å². The number of nitrogens with zero attached hydrogens (tertiary/aromatic N) is 5. The molecular weight excluding hydrogens is 721 g/mol. The summed E-state index contributed by atoms with van der Waals surface area (Å²) in [5.74, 6) is -5.17. The van der Waals surface area contributed by atoms with Crippen molar-refractivity contribution in [1.82, 2.24) is 29.2 Å². The molecule has 4 fully saturated rings. The Morgan fingerprint density at radius 2 is 1.66 bits per heavy atom. The van der Waals surface area contributed by atoms with Crippen molar-refractivity contribution in [3.8, 4) is 0 Å². The number of carbonyl (C=O) groups is 4. The van der Waals surface area contributed by atoms with E-state index in [1.54, 1.807) is 51.7 Å². The molecule has 56 heavy (non-hydrogen) atoms. The molecule has 7 rings (SSSR count). The number of hydrogen-bond acceptors (Lipinski definition) is 7. The third-order valence-electron chi connectivity index (χ3n) is 12.8. The van der Waals surface area contributed by atoms with Crippen LogP contribution in [0.25, 0.3) is 11.0 Å². The summed E-state index contributed by atoms with van der Waals surface area (Å²) in [6.45, 7) is 8.30. The monoisotopic (exact) mass is 775 g/mol. The minimum Gasteiger partial charge on any atom is -0.340 e. The van der Waals surface area contributed by atoms with E-state index in [-0.39, 0.29) is 55.3 Å². The van der Waals surface area contributed by atoms with Crippen molar-refractivity contribution in [3.05, 3.63) is 70.1 Å². The number of fused-ring (bicyclic) bond motifs is 1. The van der Waals surface area contributed by atoms with Gasteiger partial charge in [0.25, 0.3) is 5.92 Å². The second-order valence-corrected chi connectivity index (χ2v) is 17.6. The molecule has 0 aliphatic carbocycles. The number of halogens is 2. The van der Waals surface area contributed by atoms with E-state index in [4.69, 9.17) is 5.73 Å². The van der Waals surface area contributed by atoms with Crippen LogP contribution in [-0.4, -0.2) is 98.2 Å². The van der Waals surface area contributed by atoms with Gasteiger partial charge in [-0.3, -0.25) is 38.5 Å². The third-order valence-corrected chi connectivity index (χ3v) is 12.8. The van der Waals surface area contributed by atoms with Crippen LogP contribution in [0, 0.1) is 17.3 Å². The number of carbonyl (C=O) groups excluding carboxylic acids is 4. The van der Waals surface area contributed by atoms with Crippen LogP contribution < -0.4 is 16.7 Å². The van der Waals surface area contributed by atoms with E-state index in [0.717, 1.165) is 43.4 Å². The fraction of sp³-hybridized carbons (Fsp3) is 0.595. The minimum atomic E-state index is -2.95. The highest BCUT2D eigenvalue weighted by molar-refractivity contribution is 6.00. The van der Waals surface area contributed by atoms with E-state index in [0.29, 0.717) is 36.5 Å². The summed E-state index contributed by atoms with van der Waals surface area (Å²) in [4.78, 5) is 71.6. The van der Waals surface area contributed by atoms with Crippen molar-refractivity contribution in [3.63, 3.8) is 0 Å². The predicted molar refractivity (Wildman–Crippen MR) is 208 cm³/mol. The first-order valence-corrected chi connectivity index (χ1v) is 20.1. The number of likely N-dealkylation sites (tertiary alicyclic amines) is 3. The summed E-state index contributed by atoms with van der Waals surface area (Å²) in [7, 11) is 1.69. The summed E-state index contributed by atoms with van der Waals surface area (Å²) in [6.07, 6.45) is 3.26. The molecule has 4 aliphatic rings. The molecule has 5 heterocycles. The Hall–Kier alpha value is -4.43. The lowest BCUT2D eigenvalue weighted by atomic mass is 9.82. The van der Waals surface area contributed by atoms with Crippen LogP contribution in [0.3, 0.4) is 0 Å². The van der Waals surface area contributed by atoms with Crippen molar-refractivity contribution in [2.75, 3.05) is 32.7 Å². The van der Waals surface area contributed by atoms with Crippen molar-refractivity contribution in [2.45, 2.75) is 102 Å². The maximum absolute atomic E-state index is 15.3. The van der Waals surface area contributed by atoms with Gasteiger partial charge in [0.1, 0.15) is 12.1 Å². The Morgan fingerprint density at radius 3 is 2.34 bits per heavy atom. The Balaban J connectivity index is 1.03. The molecule has 1 aromatic heterocycles. The highest BCUT2D eigenvalue weighted by atomic mass is 19.3. The molecule has 4 saturated heterocycles. The molecule has 0 radical (unpaired) electrons. The standard InChI is InChI=1S/C42H55F2N7O5/c1-41(2,3)36(45)39(55)50-20-16-29(35(50)38(54)49-21-17-42(43,44)30(25-49)28-8-6-5-7-9-28)22-26-14-18-48(19-15-26)24-27-10-11-31-33(23-27)47(4)40(56)51(31)32-12-13-34(52)46-37(32)53/h5-11,23,26,29-30,32,35-36H,12-22,24-25,45H2,1-4H3,(H,46,52,53)/t29-,30?,32?,35-,36+/m0/s1. The van der Waals surface area contributed by atoms with Crippen LogP contribution >= 0.6 is 0 Å². The molecule has 3 aromatic rings. The highest BCUT2D eigenvalue weighted by Crippen LogP contribution is 2.42. The molecule has 14 heteroatoms. The summed E-state index contributed by atoms with van der Waals surface area (Å²) in [5.41, 5.74) is 8.59. The Bertz CT molecular complexity index is 2030. The molecule has 0 bridgehead atoms. The lowest BCUT2D eigenvalue weighted by Crippen LogP contribution is -2.58. The number of rotatable bonds is 8. The molecule has 0 saturated carbocycles. The molecule has 4 amide bonds. The van der Waals surface area contributed by atoms with Gasteiger partial charge in [-0.15, -0.1) is 0 Å². The SMILES string of the molecule is Cn1c(=O)n(C2CCC(=O)NC2=O)c2ccc(CN3CCC(C[C@@H]4CCN(C(=O)[C@@H](N)C(C)(C)C)[C@@H]4C(=O)N4CCC(F)(F)C(c5ccccc5)C4)CC3)cc21. The van der Waals surface area contributed by atoms with Crippen LogP contribution in [-0.2, 0) is 32.8 Å². The number of hydrogen-bond donors (Lipinski definition) is 2. The molecular formula is C42H55F2N7O5. The number of amides is 4. The number of nitrogens with two attached hydrogens (primary N) is 1. The van der Waals surface area contributed by atoms with Crippen LogP contribution in [0.15, 0.2) is 53.3 Å². The third kappa shape index (κ3) is 7.78. The van der Waals surface area contributed by atoms with Gasteiger partial charge in [-0.1, -0.05) is 57.2 Å². The molecule has 0 spiro atoms. The lowest BCUT2D eigenvalue weighted by Gasteiger charge is -2.42. The smallest absolute Gasteiger partial charge is 0.329 e. The second kappa shape index (κ2) is 15.5. The molecule has 302 valence electrons. The first-order valence-electron chi connectivity index (χ1n) is 20.1. The summed E-state index contributed by atoms with van der Waals surface area (Å²) >= 11 is 0. The maximum Gasteiger partial charge on any atom is 0.329 e. The Labute approximate surface area is 326 Å². The fourth-order valence-corrected chi connectivity index (χ4v) is 9.36. The van der Waals surface area contributed by atoms with Crippen molar-refractivity contribution in [2.24, 2.45) is 30.0 Å². The predicted octanol–water partition coefficient (Wildman–Crippen LogP) is 4.16. The fourth-order valence-electron chi connectivity index (χ4n) is 9.36. The van der Waals surface area contributed by atoms with E-state index in [2.05, 4.69) is 10.2 Å². The van der Waals surface area contributed by atoms with E-state index < -0.39 is 47.7 Å². The summed E-state index contributed by atoms with van der Waals surface area (Å²) < 4.78 is 33.6. The van der Waals surface area contributed by atoms with Gasteiger partial charge in [0.2, 0.25) is 23.6 Å². The molecule has 12 nitrogen and oxygen atoms in total. The first kappa shape index (κ1) is 39.8. The van der Waals surface area contributed by atoms with Gasteiger partial charge in [-0.2, -0.15) is 0 Å². The lowest BCUT2D eigenvalue weighted by molar-refractivity contribution is -0.152. The number of benzene rings is 2. The molecule has 2 unspecified atom stereocenters. The highest BCUT2D eigenvalue weighted by Gasteiger charge is 2.51. The number of aryl methyl sites for hydroxylation is 1. The zero-order chi connectivity index (χ0) is 40.1. The Kier molecular flexibility index (Phi) is 11.0. The molecule has 2 aromatic carbocycles. The summed E-state index contributed by atoms with van der Waals surface area (Å²) in [6, 6.07) is 12.2. The van der Waals surface area contributed by atoms with Crippen molar-refractivity contribution in [1.29, 1.82) is 0 Å². The van der Waals surface area contributed by atoms with E-state index in [1.807, 2.05) is 39.0 Å². The molecule has 5 atom stereocenters. The second-order valence-electron chi connectivity index (χ2n) is 17.6. The number of alkyl halides is 2. The van der Waals surface area contributed by atoms with Crippen LogP contribution in [0.1, 0.15) is 88.8 Å². The zero-order valence-corrected chi connectivity index (χ0v) is 32.9. The molecule has 3 N–H and O–H groups in total. The van der Waals surface area contributed by atoms with Crippen molar-refractivity contribution < 1.29 is 28.0 Å². The number of aromatic nitrogens is 2. The number of imide groups is 1. The average molecular weight is 776 g/mol. The van der Waals surface area contributed by atoms with Crippen LogP contribution in [0.5, 0.6) is 0 Å². The topological polar surface area (TPSA) is 143 Å². The van der Waals surface area contributed by atoms with Gasteiger partial charge in [-0.05, 0) is 85.7 Å². The van der Waals surface area contributed by atoms with Gasteiger partial charge in [-0.25, -0.2) is 13.6 Å². The average Bonchev–Trinajstić information content (AvgIpc) is 3.68. The summed E-state index contributed by atoms with van der Waals surface area (Å²) in [5, 5.41) is 2.35. The van der Waals surface area contributed by atoms with Gasteiger partial charge in [0, 0.05) is 46.1 Å². The molecule has 4 aliphatic heterocycles. The normalized spacial score (nSPS) is 25.8. The van der Waals surface area contributed by atoms with Crippen LogP contribution in [0.4, 0.5) is 8.78 Å². The first-order chi connectivity index (χ1) is 26.5. The Morgan fingerprint density at radius 1 is 0.946 bits per heavy atom. The largest absolute Gasteiger partial charge is 0.340 e. The van der Waals surface area contributed by atoms with Gasteiger partial charge in [0.05, 0.1) is 23.0 Å². The quantitative estimate of drug-likeness (QED) is 0.328. The number of nitrogens with one attached hydrogen (secondary N) is 1. The van der Waals surface area contributed by atoms with Gasteiger partial charge < -0.3 is 15.5 Å². The van der Waals surface area contributed by atoms with Crippen LogP contribution in [0.2, 0.25) is 0 Å². The number of imidazole rings is 1. The maximum atomic E-state index is 15.3. The van der Waals surface area contributed by atoms with Gasteiger partial charge >= 0.3 is 5.69 Å². The van der Waals surface area contributed by atoms with Gasteiger partial charge in [0.15, 0.2) is 0 Å². The number of piperidine rings is 3. The van der Waals surface area contributed by atoms with E-state index in [1.165, 1.54) is 4.57 Å². The van der Waals surface area contributed by atoms with E-state index >= 15 is 8.78 Å². The minimum absolute atomic E-state index is 0.0638. The van der Waals surface area contributed by atoms with Crippen molar-refractivity contribution >= 4 is 34.7 Å². The zero-order valence-electron chi connectivity index (χ0n) is 32.9.